The maximum atomic E-state index is 12.1. The largest absolute Gasteiger partial charge is 0.454 e. The van der Waals surface area contributed by atoms with Crippen LogP contribution in [-0.2, 0) is 19.1 Å². The van der Waals surface area contributed by atoms with Gasteiger partial charge in [-0.15, -0.1) is 6.58 Å². The van der Waals surface area contributed by atoms with Gasteiger partial charge >= 0.3 is 5.97 Å². The normalized spacial score (nSPS) is 15.7. The molecule has 1 aliphatic rings. The van der Waals surface area contributed by atoms with Crippen molar-refractivity contribution in [1.82, 2.24) is 9.88 Å². The van der Waals surface area contributed by atoms with Gasteiger partial charge in [-0.2, -0.15) is 0 Å². The van der Waals surface area contributed by atoms with Crippen molar-refractivity contribution in [3.8, 4) is 0 Å². The molecule has 2 rings (SSSR count). The first kappa shape index (κ1) is 17.9. The fourth-order valence-electron chi connectivity index (χ4n) is 2.35. The Hall–Kier alpha value is -2.41. The van der Waals surface area contributed by atoms with Gasteiger partial charge in [-0.1, -0.05) is 12.1 Å². The molecule has 130 valence electrons. The molecule has 24 heavy (non-hydrogen) atoms. The van der Waals surface area contributed by atoms with E-state index in [4.69, 9.17) is 9.47 Å². The minimum Gasteiger partial charge on any atom is -0.454 e. The topological polar surface area (TPSA) is 72.0 Å². The molecule has 7 nitrogen and oxygen atoms in total. The number of piperazine rings is 1. The summed E-state index contributed by atoms with van der Waals surface area (Å²) in [6.07, 6.45) is 2.59. The van der Waals surface area contributed by atoms with Gasteiger partial charge in [0.2, 0.25) is 0 Å². The van der Waals surface area contributed by atoms with Crippen LogP contribution in [0.5, 0.6) is 0 Å². The number of anilines is 1. The van der Waals surface area contributed by atoms with E-state index in [-0.39, 0.29) is 19.1 Å². The highest BCUT2D eigenvalue weighted by Gasteiger charge is 2.23. The van der Waals surface area contributed by atoms with Crippen molar-refractivity contribution in [2.45, 2.75) is 13.0 Å². The standard InChI is InChI=1S/C17H23N3O4/c1-3-12-23-14(2)17(22)24-13-16(21)20-10-8-19(9-11-20)15-6-4-5-7-18-15/h3-7,14H,1,8-13H2,2H3. The monoisotopic (exact) mass is 333 g/mol. The SMILES string of the molecule is C=CCOC(C)C(=O)OCC(=O)N1CCN(c2ccccn2)CC1. The Balaban J connectivity index is 1.73. The molecule has 1 aromatic heterocycles. The van der Waals surface area contributed by atoms with E-state index in [1.807, 2.05) is 18.2 Å². The van der Waals surface area contributed by atoms with E-state index in [9.17, 15) is 9.59 Å². The van der Waals surface area contributed by atoms with Crippen LogP contribution in [-0.4, -0.2) is 67.3 Å². The van der Waals surface area contributed by atoms with Crippen LogP contribution >= 0.6 is 0 Å². The molecular weight excluding hydrogens is 310 g/mol. The molecule has 0 bridgehead atoms. The first-order valence-corrected chi connectivity index (χ1v) is 7.94. The van der Waals surface area contributed by atoms with Gasteiger partial charge in [0.05, 0.1) is 6.61 Å². The van der Waals surface area contributed by atoms with E-state index in [2.05, 4.69) is 16.5 Å². The molecule has 1 amide bonds. The van der Waals surface area contributed by atoms with Crippen LogP contribution in [0.2, 0.25) is 0 Å². The number of amides is 1. The number of aromatic nitrogens is 1. The van der Waals surface area contributed by atoms with Crippen LogP contribution in [0.4, 0.5) is 5.82 Å². The van der Waals surface area contributed by atoms with E-state index in [1.165, 1.54) is 0 Å². The van der Waals surface area contributed by atoms with Crippen LogP contribution in [0.3, 0.4) is 0 Å². The van der Waals surface area contributed by atoms with Crippen molar-refractivity contribution in [1.29, 1.82) is 0 Å². The van der Waals surface area contributed by atoms with E-state index >= 15 is 0 Å². The minimum absolute atomic E-state index is 0.194. The minimum atomic E-state index is -0.711. The van der Waals surface area contributed by atoms with Gasteiger partial charge in [0.1, 0.15) is 5.82 Å². The van der Waals surface area contributed by atoms with Crippen molar-refractivity contribution in [2.24, 2.45) is 0 Å². The maximum Gasteiger partial charge on any atom is 0.335 e. The highest BCUT2D eigenvalue weighted by atomic mass is 16.6. The summed E-state index contributed by atoms with van der Waals surface area (Å²) in [5, 5.41) is 0. The number of carbonyl (C=O) groups is 2. The van der Waals surface area contributed by atoms with Gasteiger partial charge in [-0.3, -0.25) is 4.79 Å². The number of pyridine rings is 1. The quantitative estimate of drug-likeness (QED) is 0.544. The fourth-order valence-corrected chi connectivity index (χ4v) is 2.35. The molecule has 0 aromatic carbocycles. The zero-order valence-electron chi connectivity index (χ0n) is 13.9. The summed E-state index contributed by atoms with van der Waals surface area (Å²) in [5.74, 6) is 0.168. The van der Waals surface area contributed by atoms with Gasteiger partial charge in [0.25, 0.3) is 5.91 Å². The average Bonchev–Trinajstić information content (AvgIpc) is 2.64. The number of esters is 1. The smallest absolute Gasteiger partial charge is 0.335 e. The third-order valence-electron chi connectivity index (χ3n) is 3.74. The summed E-state index contributed by atoms with van der Waals surface area (Å²) in [6, 6.07) is 5.76. The van der Waals surface area contributed by atoms with E-state index in [0.717, 1.165) is 5.82 Å². The Kier molecular flexibility index (Phi) is 6.74. The Labute approximate surface area is 141 Å². The second-order valence-corrected chi connectivity index (χ2v) is 5.43. The Morgan fingerprint density at radius 3 is 2.71 bits per heavy atom. The van der Waals surface area contributed by atoms with Crippen LogP contribution < -0.4 is 4.90 Å². The summed E-state index contributed by atoms with van der Waals surface area (Å²) >= 11 is 0. The molecule has 7 heteroatoms. The number of rotatable bonds is 7. The van der Waals surface area contributed by atoms with Crippen molar-refractivity contribution >= 4 is 17.7 Å². The molecule has 1 aliphatic heterocycles. The van der Waals surface area contributed by atoms with E-state index < -0.39 is 12.1 Å². The van der Waals surface area contributed by atoms with Crippen LogP contribution in [0.1, 0.15) is 6.92 Å². The van der Waals surface area contributed by atoms with E-state index in [0.29, 0.717) is 26.2 Å². The van der Waals surface area contributed by atoms with Crippen molar-refractivity contribution in [3.05, 3.63) is 37.1 Å². The number of hydrogen-bond donors (Lipinski definition) is 0. The Bertz CT molecular complexity index is 556. The van der Waals surface area contributed by atoms with Gasteiger partial charge in [0, 0.05) is 32.4 Å². The molecule has 0 N–H and O–H groups in total. The lowest BCUT2D eigenvalue weighted by Gasteiger charge is -2.35. The Morgan fingerprint density at radius 2 is 2.08 bits per heavy atom. The Morgan fingerprint density at radius 1 is 1.33 bits per heavy atom. The third kappa shape index (κ3) is 5.06. The molecule has 1 unspecified atom stereocenters. The molecule has 1 atom stereocenters. The lowest BCUT2D eigenvalue weighted by Crippen LogP contribution is -2.50. The molecule has 0 saturated carbocycles. The highest BCUT2D eigenvalue weighted by molar-refractivity contribution is 5.82. The number of hydrogen-bond acceptors (Lipinski definition) is 6. The molecule has 0 aliphatic carbocycles. The first-order valence-electron chi connectivity index (χ1n) is 7.94. The molecule has 0 radical (unpaired) electrons. The van der Waals surface area contributed by atoms with Crippen molar-refractivity contribution < 1.29 is 19.1 Å². The molecule has 2 heterocycles. The second-order valence-electron chi connectivity index (χ2n) is 5.43. The summed E-state index contributed by atoms with van der Waals surface area (Å²) in [6.45, 7) is 7.66. The zero-order chi connectivity index (χ0) is 17.4. The molecular formula is C17H23N3O4. The first-order chi connectivity index (χ1) is 11.6. The third-order valence-corrected chi connectivity index (χ3v) is 3.74. The average molecular weight is 333 g/mol. The number of carbonyl (C=O) groups excluding carboxylic acids is 2. The lowest BCUT2D eigenvalue weighted by molar-refractivity contribution is -0.160. The lowest BCUT2D eigenvalue weighted by atomic mass is 10.3. The summed E-state index contributed by atoms with van der Waals surface area (Å²) in [7, 11) is 0. The van der Waals surface area contributed by atoms with Gasteiger partial charge in [0.15, 0.2) is 12.7 Å². The summed E-state index contributed by atoms with van der Waals surface area (Å²) in [5.41, 5.74) is 0. The van der Waals surface area contributed by atoms with Gasteiger partial charge < -0.3 is 19.3 Å². The summed E-state index contributed by atoms with van der Waals surface area (Å²) < 4.78 is 10.2. The van der Waals surface area contributed by atoms with Crippen LogP contribution in [0, 0.1) is 0 Å². The second kappa shape index (κ2) is 9.02. The predicted octanol–water partition coefficient (Wildman–Crippen LogP) is 0.864. The molecule has 1 fully saturated rings. The number of ether oxygens (including phenoxy) is 2. The van der Waals surface area contributed by atoms with Crippen molar-refractivity contribution in [2.75, 3.05) is 44.3 Å². The number of nitrogens with zero attached hydrogens (tertiary/aromatic N) is 3. The van der Waals surface area contributed by atoms with Crippen LogP contribution in [0.25, 0.3) is 0 Å². The predicted molar refractivity (Wildman–Crippen MR) is 89.6 cm³/mol. The van der Waals surface area contributed by atoms with E-state index in [1.54, 1.807) is 24.1 Å². The highest BCUT2D eigenvalue weighted by Crippen LogP contribution is 2.12. The maximum absolute atomic E-state index is 12.1. The van der Waals surface area contributed by atoms with Gasteiger partial charge in [-0.25, -0.2) is 9.78 Å². The molecule has 1 saturated heterocycles. The summed E-state index contributed by atoms with van der Waals surface area (Å²) in [4.78, 5) is 32.0. The molecule has 0 spiro atoms. The van der Waals surface area contributed by atoms with Crippen LogP contribution in [0.15, 0.2) is 37.1 Å². The fraction of sp³-hybridized carbons (Fsp3) is 0.471. The zero-order valence-corrected chi connectivity index (χ0v) is 13.9. The van der Waals surface area contributed by atoms with Gasteiger partial charge in [-0.05, 0) is 19.1 Å². The van der Waals surface area contributed by atoms with Crippen molar-refractivity contribution in [3.63, 3.8) is 0 Å². The molecule has 1 aromatic rings.